The largest absolute Gasteiger partial charge is 0.494 e. The normalized spacial score (nSPS) is 10.0. The fourth-order valence-electron chi connectivity index (χ4n) is 2.01. The minimum atomic E-state index is -0.747. The molecule has 2 aromatic rings. The van der Waals surface area contributed by atoms with Crippen molar-refractivity contribution in [1.82, 2.24) is 5.32 Å². The third-order valence-electron chi connectivity index (χ3n) is 3.22. The van der Waals surface area contributed by atoms with Gasteiger partial charge in [-0.3, -0.25) is 19.7 Å². The minimum Gasteiger partial charge on any atom is -0.494 e. The van der Waals surface area contributed by atoms with Crippen molar-refractivity contribution in [2.24, 2.45) is 0 Å². The number of rotatable bonds is 6. The minimum absolute atomic E-state index is 0.0657. The quantitative estimate of drug-likeness (QED) is 0.809. The Balaban J connectivity index is 1.80. The SMILES string of the molecule is COc1ccc(CC(=O)OCC(=O)NC(=O)c2ccccc2)cc1F. The third-order valence-corrected chi connectivity index (χ3v) is 3.22. The van der Waals surface area contributed by atoms with E-state index in [1.165, 1.54) is 19.2 Å². The lowest BCUT2D eigenvalue weighted by molar-refractivity contribution is -0.147. The summed E-state index contributed by atoms with van der Waals surface area (Å²) in [5, 5.41) is 2.11. The molecule has 0 aliphatic rings. The average molecular weight is 345 g/mol. The molecule has 2 rings (SSSR count). The van der Waals surface area contributed by atoms with Gasteiger partial charge in [-0.25, -0.2) is 4.39 Å². The Morgan fingerprint density at radius 2 is 1.80 bits per heavy atom. The molecule has 6 nitrogen and oxygen atoms in total. The van der Waals surface area contributed by atoms with E-state index in [4.69, 9.17) is 9.47 Å². The standard InChI is InChI=1S/C18H16FNO5/c1-24-15-8-7-12(9-14(15)19)10-17(22)25-11-16(21)20-18(23)13-5-3-2-4-6-13/h2-9H,10-11H2,1H3,(H,20,21,23). The maximum Gasteiger partial charge on any atom is 0.310 e. The number of hydrogen-bond donors (Lipinski definition) is 1. The molecule has 0 saturated carbocycles. The molecule has 0 spiro atoms. The lowest BCUT2D eigenvalue weighted by atomic mass is 10.1. The number of nitrogens with one attached hydrogen (secondary N) is 1. The summed E-state index contributed by atoms with van der Waals surface area (Å²) >= 11 is 0. The van der Waals surface area contributed by atoms with Crippen LogP contribution in [0.1, 0.15) is 15.9 Å². The van der Waals surface area contributed by atoms with Crippen LogP contribution in [-0.4, -0.2) is 31.5 Å². The molecule has 2 amide bonds. The summed E-state index contributed by atoms with van der Waals surface area (Å²) in [4.78, 5) is 35.1. The van der Waals surface area contributed by atoms with Gasteiger partial charge in [0.15, 0.2) is 18.2 Å². The number of carbonyl (C=O) groups excluding carboxylic acids is 3. The molecule has 0 fully saturated rings. The molecule has 1 N–H and O–H groups in total. The van der Waals surface area contributed by atoms with E-state index in [9.17, 15) is 18.8 Å². The van der Waals surface area contributed by atoms with Gasteiger partial charge < -0.3 is 9.47 Å². The van der Waals surface area contributed by atoms with Crippen LogP contribution in [0.4, 0.5) is 4.39 Å². The Hall–Kier alpha value is -3.22. The van der Waals surface area contributed by atoms with Gasteiger partial charge in [0.05, 0.1) is 13.5 Å². The first kappa shape index (κ1) is 18.1. The number of amides is 2. The molecule has 7 heteroatoms. The predicted octanol–water partition coefficient (Wildman–Crippen LogP) is 1.88. The van der Waals surface area contributed by atoms with Crippen LogP contribution in [0.5, 0.6) is 5.75 Å². The van der Waals surface area contributed by atoms with Gasteiger partial charge >= 0.3 is 5.97 Å². The van der Waals surface area contributed by atoms with E-state index in [-0.39, 0.29) is 12.2 Å². The van der Waals surface area contributed by atoms with Gasteiger partial charge in [0.2, 0.25) is 0 Å². The van der Waals surface area contributed by atoms with Crippen LogP contribution in [0.3, 0.4) is 0 Å². The molecule has 25 heavy (non-hydrogen) atoms. The van der Waals surface area contributed by atoms with Gasteiger partial charge in [-0.15, -0.1) is 0 Å². The molecule has 0 heterocycles. The molecule has 0 aromatic heterocycles. The van der Waals surface area contributed by atoms with E-state index in [2.05, 4.69) is 5.32 Å². The fourth-order valence-corrected chi connectivity index (χ4v) is 2.01. The molecule has 0 unspecified atom stereocenters. The van der Waals surface area contributed by atoms with Crippen LogP contribution in [-0.2, 0) is 20.7 Å². The summed E-state index contributed by atoms with van der Waals surface area (Å²) in [5.41, 5.74) is 0.694. The van der Waals surface area contributed by atoms with E-state index < -0.39 is 30.2 Å². The van der Waals surface area contributed by atoms with Crippen molar-refractivity contribution < 1.29 is 28.2 Å². The Kier molecular flexibility index (Phi) is 6.22. The molecule has 0 aliphatic carbocycles. The fraction of sp³-hybridized carbons (Fsp3) is 0.167. The summed E-state index contributed by atoms with van der Waals surface area (Å²) in [6.45, 7) is -0.601. The molecule has 0 aliphatic heterocycles. The Labute approximate surface area is 143 Å². The Morgan fingerprint density at radius 1 is 1.08 bits per heavy atom. The van der Waals surface area contributed by atoms with E-state index in [1.807, 2.05) is 0 Å². The summed E-state index contributed by atoms with van der Waals surface area (Å²) in [6.07, 6.45) is -0.208. The molecule has 0 saturated heterocycles. The van der Waals surface area contributed by atoms with Crippen molar-refractivity contribution in [3.8, 4) is 5.75 Å². The summed E-state index contributed by atoms with van der Waals surface area (Å²) in [7, 11) is 1.34. The zero-order valence-corrected chi connectivity index (χ0v) is 13.5. The van der Waals surface area contributed by atoms with Crippen molar-refractivity contribution >= 4 is 17.8 Å². The number of carbonyl (C=O) groups is 3. The first-order chi connectivity index (χ1) is 12.0. The van der Waals surface area contributed by atoms with Crippen molar-refractivity contribution in [3.63, 3.8) is 0 Å². The smallest absolute Gasteiger partial charge is 0.310 e. The molecule has 0 radical (unpaired) electrons. The Morgan fingerprint density at radius 3 is 2.44 bits per heavy atom. The van der Waals surface area contributed by atoms with Crippen molar-refractivity contribution in [1.29, 1.82) is 0 Å². The number of ether oxygens (including phenoxy) is 2. The van der Waals surface area contributed by atoms with Gasteiger partial charge in [-0.2, -0.15) is 0 Å². The summed E-state index contributed by atoms with van der Waals surface area (Å²) in [6, 6.07) is 12.2. The lowest BCUT2D eigenvalue weighted by Gasteiger charge is -2.07. The van der Waals surface area contributed by atoms with Crippen LogP contribution in [0.25, 0.3) is 0 Å². The van der Waals surface area contributed by atoms with Gasteiger partial charge in [0, 0.05) is 5.56 Å². The average Bonchev–Trinajstić information content (AvgIpc) is 2.61. The van der Waals surface area contributed by atoms with E-state index in [0.29, 0.717) is 11.1 Å². The van der Waals surface area contributed by atoms with Crippen molar-refractivity contribution in [3.05, 3.63) is 65.5 Å². The van der Waals surface area contributed by atoms with Crippen molar-refractivity contribution in [2.75, 3.05) is 13.7 Å². The van der Waals surface area contributed by atoms with Crippen LogP contribution < -0.4 is 10.1 Å². The highest BCUT2D eigenvalue weighted by molar-refractivity contribution is 6.05. The number of imide groups is 1. The highest BCUT2D eigenvalue weighted by Gasteiger charge is 2.13. The number of esters is 1. The Bertz CT molecular complexity index is 776. The third kappa shape index (κ3) is 5.42. The first-order valence-corrected chi connectivity index (χ1v) is 7.37. The number of halogens is 1. The molecule has 0 bridgehead atoms. The molecular weight excluding hydrogens is 329 g/mol. The van der Waals surface area contributed by atoms with Gasteiger partial charge in [0.25, 0.3) is 11.8 Å². The second kappa shape index (κ2) is 8.58. The molecule has 2 aromatic carbocycles. The number of hydrogen-bond acceptors (Lipinski definition) is 5. The molecule has 130 valence electrons. The topological polar surface area (TPSA) is 81.7 Å². The maximum atomic E-state index is 13.5. The van der Waals surface area contributed by atoms with Crippen LogP contribution in [0.2, 0.25) is 0 Å². The first-order valence-electron chi connectivity index (χ1n) is 7.37. The van der Waals surface area contributed by atoms with Gasteiger partial charge in [0.1, 0.15) is 0 Å². The number of methoxy groups -OCH3 is 1. The van der Waals surface area contributed by atoms with E-state index in [1.54, 1.807) is 30.3 Å². The highest BCUT2D eigenvalue weighted by Crippen LogP contribution is 2.18. The lowest BCUT2D eigenvalue weighted by Crippen LogP contribution is -2.34. The monoisotopic (exact) mass is 345 g/mol. The van der Waals surface area contributed by atoms with E-state index >= 15 is 0 Å². The second-order valence-corrected chi connectivity index (χ2v) is 5.05. The zero-order chi connectivity index (χ0) is 18.2. The van der Waals surface area contributed by atoms with Gasteiger partial charge in [-0.1, -0.05) is 24.3 Å². The summed E-state index contributed by atoms with van der Waals surface area (Å²) in [5.74, 6) is -2.58. The highest BCUT2D eigenvalue weighted by atomic mass is 19.1. The molecule has 0 atom stereocenters. The van der Waals surface area contributed by atoms with Gasteiger partial charge in [-0.05, 0) is 29.8 Å². The van der Waals surface area contributed by atoms with E-state index in [0.717, 1.165) is 6.07 Å². The maximum absolute atomic E-state index is 13.5. The van der Waals surface area contributed by atoms with Crippen LogP contribution in [0.15, 0.2) is 48.5 Å². The van der Waals surface area contributed by atoms with Crippen LogP contribution >= 0.6 is 0 Å². The second-order valence-electron chi connectivity index (χ2n) is 5.05. The van der Waals surface area contributed by atoms with Crippen LogP contribution in [0, 0.1) is 5.82 Å². The summed E-state index contributed by atoms with van der Waals surface area (Å²) < 4.78 is 23.1. The zero-order valence-electron chi connectivity index (χ0n) is 13.5. The molecular formula is C18H16FNO5. The number of benzene rings is 2. The predicted molar refractivity (Wildman–Crippen MR) is 86.5 cm³/mol. The van der Waals surface area contributed by atoms with Crippen molar-refractivity contribution in [2.45, 2.75) is 6.42 Å².